The molecule has 1 atom stereocenters. The van der Waals surface area contributed by atoms with Crippen LogP contribution in [0.15, 0.2) is 24.5 Å². The summed E-state index contributed by atoms with van der Waals surface area (Å²) in [6.45, 7) is 7.92. The highest BCUT2D eigenvalue weighted by Crippen LogP contribution is 2.24. The Kier molecular flexibility index (Phi) is 4.37. The second-order valence-electron chi connectivity index (χ2n) is 4.88. The van der Waals surface area contributed by atoms with E-state index in [1.807, 2.05) is 12.4 Å². The van der Waals surface area contributed by atoms with E-state index in [9.17, 15) is 0 Å². The highest BCUT2D eigenvalue weighted by molar-refractivity contribution is 5.44. The first-order valence-corrected chi connectivity index (χ1v) is 6.69. The zero-order valence-corrected chi connectivity index (χ0v) is 10.9. The van der Waals surface area contributed by atoms with Crippen LogP contribution in [0.2, 0.25) is 0 Å². The third kappa shape index (κ3) is 3.19. The summed E-state index contributed by atoms with van der Waals surface area (Å²) in [7, 11) is 0. The van der Waals surface area contributed by atoms with E-state index in [0.717, 1.165) is 12.5 Å². The monoisotopic (exact) mass is 233 g/mol. The van der Waals surface area contributed by atoms with E-state index in [1.165, 1.54) is 31.6 Å². The standard InChI is InChI=1S/C14H23N3/c1-3-16-12(2)13-6-10-17(11-7-13)14-4-8-15-9-5-14/h4-5,8-9,12-13,16H,3,6-7,10-11H2,1-2H3. The van der Waals surface area contributed by atoms with Crippen molar-refractivity contribution in [1.82, 2.24) is 10.3 Å². The Labute approximate surface area is 104 Å². The van der Waals surface area contributed by atoms with E-state index < -0.39 is 0 Å². The Morgan fingerprint density at radius 2 is 2.00 bits per heavy atom. The average molecular weight is 233 g/mol. The molecule has 17 heavy (non-hydrogen) atoms. The molecule has 0 aliphatic carbocycles. The van der Waals surface area contributed by atoms with Crippen molar-refractivity contribution >= 4 is 5.69 Å². The first-order chi connectivity index (χ1) is 8.31. The minimum Gasteiger partial charge on any atom is -0.371 e. The van der Waals surface area contributed by atoms with Crippen LogP contribution in [0, 0.1) is 5.92 Å². The Hall–Kier alpha value is -1.09. The van der Waals surface area contributed by atoms with Gasteiger partial charge in [-0.15, -0.1) is 0 Å². The number of nitrogens with one attached hydrogen (secondary N) is 1. The van der Waals surface area contributed by atoms with Crippen LogP contribution in [-0.2, 0) is 0 Å². The molecule has 0 spiro atoms. The van der Waals surface area contributed by atoms with Crippen molar-refractivity contribution in [3.63, 3.8) is 0 Å². The lowest BCUT2D eigenvalue weighted by Gasteiger charge is -2.36. The van der Waals surface area contributed by atoms with Crippen LogP contribution < -0.4 is 10.2 Å². The number of anilines is 1. The molecule has 0 saturated carbocycles. The molecule has 1 aliphatic rings. The van der Waals surface area contributed by atoms with Gasteiger partial charge in [0.25, 0.3) is 0 Å². The van der Waals surface area contributed by atoms with Gasteiger partial charge in [0, 0.05) is 37.2 Å². The largest absolute Gasteiger partial charge is 0.371 e. The lowest BCUT2D eigenvalue weighted by atomic mass is 9.90. The molecule has 1 aromatic heterocycles. The predicted molar refractivity (Wildman–Crippen MR) is 72.3 cm³/mol. The predicted octanol–water partition coefficient (Wildman–Crippen LogP) is 2.30. The zero-order valence-electron chi connectivity index (χ0n) is 10.9. The molecule has 1 aliphatic heterocycles. The lowest BCUT2D eigenvalue weighted by Crippen LogP contribution is -2.42. The van der Waals surface area contributed by atoms with E-state index in [2.05, 4.69) is 41.2 Å². The first kappa shape index (κ1) is 12.4. The Balaban J connectivity index is 1.86. The number of nitrogens with zero attached hydrogens (tertiary/aromatic N) is 2. The Bertz CT molecular complexity index is 317. The topological polar surface area (TPSA) is 28.2 Å². The minimum absolute atomic E-state index is 0.652. The summed E-state index contributed by atoms with van der Waals surface area (Å²) in [5.41, 5.74) is 1.31. The second kappa shape index (κ2) is 6.01. The lowest BCUT2D eigenvalue weighted by molar-refractivity contribution is 0.315. The summed E-state index contributed by atoms with van der Waals surface area (Å²) in [5.74, 6) is 0.827. The maximum absolute atomic E-state index is 4.07. The van der Waals surface area contributed by atoms with Crippen molar-refractivity contribution in [2.45, 2.75) is 32.7 Å². The molecule has 2 rings (SSSR count). The molecule has 3 heteroatoms. The fourth-order valence-corrected chi connectivity index (χ4v) is 2.70. The van der Waals surface area contributed by atoms with Crippen LogP contribution in [0.4, 0.5) is 5.69 Å². The molecule has 3 nitrogen and oxygen atoms in total. The van der Waals surface area contributed by atoms with Crippen LogP contribution in [0.3, 0.4) is 0 Å². The van der Waals surface area contributed by atoms with Crippen molar-refractivity contribution in [1.29, 1.82) is 0 Å². The fourth-order valence-electron chi connectivity index (χ4n) is 2.70. The van der Waals surface area contributed by atoms with Gasteiger partial charge in [-0.2, -0.15) is 0 Å². The molecular formula is C14H23N3. The summed E-state index contributed by atoms with van der Waals surface area (Å²) in [4.78, 5) is 6.54. The van der Waals surface area contributed by atoms with Crippen LogP contribution in [0.5, 0.6) is 0 Å². The van der Waals surface area contributed by atoms with Gasteiger partial charge in [-0.05, 0) is 44.4 Å². The third-order valence-electron chi connectivity index (χ3n) is 3.80. The molecule has 0 radical (unpaired) electrons. The summed E-state index contributed by atoms with van der Waals surface area (Å²) in [5, 5.41) is 3.54. The van der Waals surface area contributed by atoms with E-state index in [4.69, 9.17) is 0 Å². The molecule has 1 saturated heterocycles. The van der Waals surface area contributed by atoms with Gasteiger partial charge in [-0.3, -0.25) is 4.98 Å². The molecule has 1 unspecified atom stereocenters. The van der Waals surface area contributed by atoms with Gasteiger partial charge in [-0.1, -0.05) is 6.92 Å². The molecule has 0 amide bonds. The summed E-state index contributed by atoms with van der Waals surface area (Å²) >= 11 is 0. The molecule has 0 aromatic carbocycles. The van der Waals surface area contributed by atoms with E-state index in [1.54, 1.807) is 0 Å². The number of rotatable bonds is 4. The van der Waals surface area contributed by atoms with Gasteiger partial charge >= 0.3 is 0 Å². The normalized spacial score (nSPS) is 19.3. The fraction of sp³-hybridized carbons (Fsp3) is 0.643. The molecule has 2 heterocycles. The minimum atomic E-state index is 0.652. The number of hydrogen-bond donors (Lipinski definition) is 1. The smallest absolute Gasteiger partial charge is 0.0397 e. The molecule has 1 N–H and O–H groups in total. The van der Waals surface area contributed by atoms with Crippen LogP contribution in [-0.4, -0.2) is 30.7 Å². The number of hydrogen-bond acceptors (Lipinski definition) is 3. The summed E-state index contributed by atoms with van der Waals surface area (Å²) in [6, 6.07) is 4.86. The number of pyridine rings is 1. The third-order valence-corrected chi connectivity index (χ3v) is 3.80. The van der Waals surface area contributed by atoms with Crippen molar-refractivity contribution in [3.8, 4) is 0 Å². The highest BCUT2D eigenvalue weighted by Gasteiger charge is 2.23. The van der Waals surface area contributed by atoms with Crippen molar-refractivity contribution < 1.29 is 0 Å². The van der Waals surface area contributed by atoms with Gasteiger partial charge in [0.05, 0.1) is 0 Å². The van der Waals surface area contributed by atoms with Crippen molar-refractivity contribution in [3.05, 3.63) is 24.5 Å². The van der Waals surface area contributed by atoms with Crippen molar-refractivity contribution in [2.24, 2.45) is 5.92 Å². The molecule has 1 fully saturated rings. The van der Waals surface area contributed by atoms with E-state index in [-0.39, 0.29) is 0 Å². The van der Waals surface area contributed by atoms with Gasteiger partial charge in [0.1, 0.15) is 0 Å². The quantitative estimate of drug-likeness (QED) is 0.865. The zero-order chi connectivity index (χ0) is 12.1. The van der Waals surface area contributed by atoms with Crippen molar-refractivity contribution in [2.75, 3.05) is 24.5 Å². The van der Waals surface area contributed by atoms with Crippen LogP contribution in [0.25, 0.3) is 0 Å². The Morgan fingerprint density at radius 3 is 2.59 bits per heavy atom. The summed E-state index contributed by atoms with van der Waals surface area (Å²) in [6.07, 6.45) is 6.33. The number of piperidine rings is 1. The molecule has 1 aromatic rings. The maximum Gasteiger partial charge on any atom is 0.0397 e. The highest BCUT2D eigenvalue weighted by atomic mass is 15.1. The molecule has 94 valence electrons. The average Bonchev–Trinajstić information content (AvgIpc) is 2.40. The van der Waals surface area contributed by atoms with E-state index in [0.29, 0.717) is 6.04 Å². The van der Waals surface area contributed by atoms with Crippen LogP contribution in [0.1, 0.15) is 26.7 Å². The summed E-state index contributed by atoms with van der Waals surface area (Å²) < 4.78 is 0. The number of aromatic nitrogens is 1. The first-order valence-electron chi connectivity index (χ1n) is 6.69. The molecular weight excluding hydrogens is 210 g/mol. The molecule has 0 bridgehead atoms. The van der Waals surface area contributed by atoms with Gasteiger partial charge in [0.15, 0.2) is 0 Å². The SMILES string of the molecule is CCNC(C)C1CCN(c2ccncc2)CC1. The maximum atomic E-state index is 4.07. The van der Waals surface area contributed by atoms with Gasteiger partial charge < -0.3 is 10.2 Å². The Morgan fingerprint density at radius 1 is 1.35 bits per heavy atom. The second-order valence-corrected chi connectivity index (χ2v) is 4.88. The van der Waals surface area contributed by atoms with Gasteiger partial charge in [0.2, 0.25) is 0 Å². The van der Waals surface area contributed by atoms with Crippen LogP contribution >= 0.6 is 0 Å². The van der Waals surface area contributed by atoms with Gasteiger partial charge in [-0.25, -0.2) is 0 Å². The van der Waals surface area contributed by atoms with E-state index >= 15 is 0 Å².